The summed E-state index contributed by atoms with van der Waals surface area (Å²) in [7, 11) is 1.38. The third kappa shape index (κ3) is 4.38. The summed E-state index contributed by atoms with van der Waals surface area (Å²) in [6.07, 6.45) is -0.175. The number of rotatable bonds is 4. The van der Waals surface area contributed by atoms with Crippen LogP contribution in [0.1, 0.15) is 29.8 Å². The molecule has 20 heavy (non-hydrogen) atoms. The number of benzene rings is 1. The van der Waals surface area contributed by atoms with E-state index in [1.54, 1.807) is 12.1 Å². The SMILES string of the molecule is CCc1ccc(C(=O)OC(C)C(=O)NC(=O)NC)cc1. The quantitative estimate of drug-likeness (QED) is 0.812. The molecule has 1 aromatic rings. The minimum absolute atomic E-state index is 0.363. The van der Waals surface area contributed by atoms with Crippen LogP contribution in [-0.2, 0) is 16.0 Å². The Balaban J connectivity index is 2.60. The number of urea groups is 1. The van der Waals surface area contributed by atoms with Gasteiger partial charge in [-0.15, -0.1) is 0 Å². The largest absolute Gasteiger partial charge is 0.449 e. The van der Waals surface area contributed by atoms with Gasteiger partial charge < -0.3 is 10.1 Å². The van der Waals surface area contributed by atoms with Gasteiger partial charge in [-0.25, -0.2) is 9.59 Å². The summed E-state index contributed by atoms with van der Waals surface area (Å²) in [6, 6.07) is 6.29. The molecule has 1 rings (SSSR count). The first-order chi connectivity index (χ1) is 9.47. The summed E-state index contributed by atoms with van der Waals surface area (Å²) in [5.74, 6) is -1.28. The molecular formula is C14H18N2O4. The van der Waals surface area contributed by atoms with Gasteiger partial charge in [-0.2, -0.15) is 0 Å². The fraction of sp³-hybridized carbons (Fsp3) is 0.357. The lowest BCUT2D eigenvalue weighted by Crippen LogP contribution is -2.43. The molecule has 0 bridgehead atoms. The molecular weight excluding hydrogens is 260 g/mol. The summed E-state index contributed by atoms with van der Waals surface area (Å²) >= 11 is 0. The van der Waals surface area contributed by atoms with Crippen molar-refractivity contribution in [3.05, 3.63) is 35.4 Å². The molecule has 0 aromatic heterocycles. The van der Waals surface area contributed by atoms with E-state index in [1.807, 2.05) is 24.4 Å². The Bertz CT molecular complexity index is 496. The van der Waals surface area contributed by atoms with Crippen LogP contribution in [0.2, 0.25) is 0 Å². The third-order valence-corrected chi connectivity index (χ3v) is 2.71. The number of nitrogens with one attached hydrogen (secondary N) is 2. The maximum Gasteiger partial charge on any atom is 0.338 e. The molecule has 0 aliphatic heterocycles. The number of hydrogen-bond donors (Lipinski definition) is 2. The average molecular weight is 278 g/mol. The minimum atomic E-state index is -1.05. The third-order valence-electron chi connectivity index (χ3n) is 2.71. The van der Waals surface area contributed by atoms with Gasteiger partial charge in [0, 0.05) is 7.05 Å². The van der Waals surface area contributed by atoms with Gasteiger partial charge in [0.1, 0.15) is 0 Å². The van der Waals surface area contributed by atoms with Crippen LogP contribution in [0.4, 0.5) is 4.79 Å². The smallest absolute Gasteiger partial charge is 0.338 e. The summed E-state index contributed by atoms with van der Waals surface area (Å²) in [5.41, 5.74) is 1.47. The zero-order valence-electron chi connectivity index (χ0n) is 11.7. The fourth-order valence-electron chi connectivity index (χ4n) is 1.43. The van der Waals surface area contributed by atoms with E-state index in [0.717, 1.165) is 12.0 Å². The van der Waals surface area contributed by atoms with Crippen molar-refractivity contribution < 1.29 is 19.1 Å². The lowest BCUT2D eigenvalue weighted by Gasteiger charge is -2.12. The number of carbonyl (C=O) groups is 3. The molecule has 2 N–H and O–H groups in total. The Morgan fingerprint density at radius 3 is 2.30 bits per heavy atom. The van der Waals surface area contributed by atoms with Gasteiger partial charge in [0.2, 0.25) is 0 Å². The highest BCUT2D eigenvalue weighted by molar-refractivity contribution is 5.98. The lowest BCUT2D eigenvalue weighted by atomic mass is 10.1. The van der Waals surface area contributed by atoms with Crippen molar-refractivity contribution in [1.82, 2.24) is 10.6 Å². The van der Waals surface area contributed by atoms with Crippen molar-refractivity contribution in [3.63, 3.8) is 0 Å². The number of esters is 1. The van der Waals surface area contributed by atoms with E-state index in [1.165, 1.54) is 14.0 Å². The van der Waals surface area contributed by atoms with E-state index >= 15 is 0 Å². The normalized spacial score (nSPS) is 11.3. The van der Waals surface area contributed by atoms with Crippen LogP contribution in [0.5, 0.6) is 0 Å². The van der Waals surface area contributed by atoms with Gasteiger partial charge in [0.05, 0.1) is 5.56 Å². The zero-order valence-corrected chi connectivity index (χ0v) is 11.7. The molecule has 0 fully saturated rings. The lowest BCUT2D eigenvalue weighted by molar-refractivity contribution is -0.127. The molecule has 108 valence electrons. The first-order valence-electron chi connectivity index (χ1n) is 6.30. The van der Waals surface area contributed by atoms with Gasteiger partial charge in [0.15, 0.2) is 6.10 Å². The van der Waals surface area contributed by atoms with Gasteiger partial charge in [-0.1, -0.05) is 19.1 Å². The highest BCUT2D eigenvalue weighted by atomic mass is 16.5. The van der Waals surface area contributed by atoms with Crippen LogP contribution in [0, 0.1) is 0 Å². The van der Waals surface area contributed by atoms with Gasteiger partial charge >= 0.3 is 12.0 Å². The molecule has 6 nitrogen and oxygen atoms in total. The number of ether oxygens (including phenoxy) is 1. The van der Waals surface area contributed by atoms with E-state index in [2.05, 4.69) is 5.32 Å². The maximum atomic E-state index is 11.8. The van der Waals surface area contributed by atoms with Gasteiger partial charge in [0.25, 0.3) is 5.91 Å². The zero-order chi connectivity index (χ0) is 15.1. The van der Waals surface area contributed by atoms with E-state index in [-0.39, 0.29) is 0 Å². The summed E-state index contributed by atoms with van der Waals surface area (Å²) in [6.45, 7) is 3.41. The summed E-state index contributed by atoms with van der Waals surface area (Å²) < 4.78 is 4.99. The second-order valence-electron chi connectivity index (χ2n) is 4.17. The Kier molecular flexibility index (Phi) is 5.71. The first kappa shape index (κ1) is 15.7. The van der Waals surface area contributed by atoms with Gasteiger partial charge in [-0.3, -0.25) is 10.1 Å². The molecule has 0 saturated heterocycles. The Labute approximate surface area is 117 Å². The summed E-state index contributed by atoms with van der Waals surface area (Å²) in [5, 5.41) is 4.28. The highest BCUT2D eigenvalue weighted by Crippen LogP contribution is 2.08. The molecule has 0 heterocycles. The Hall–Kier alpha value is -2.37. The van der Waals surface area contributed by atoms with Crippen LogP contribution in [0.15, 0.2) is 24.3 Å². The van der Waals surface area contributed by atoms with Crippen LogP contribution >= 0.6 is 0 Å². The van der Waals surface area contributed by atoms with Crippen LogP contribution in [0.25, 0.3) is 0 Å². The first-order valence-corrected chi connectivity index (χ1v) is 6.30. The Morgan fingerprint density at radius 2 is 1.80 bits per heavy atom. The van der Waals surface area contributed by atoms with Crippen molar-refractivity contribution in [2.45, 2.75) is 26.4 Å². The molecule has 0 aliphatic carbocycles. The van der Waals surface area contributed by atoms with Crippen molar-refractivity contribution >= 4 is 17.9 Å². The van der Waals surface area contributed by atoms with E-state index < -0.39 is 24.0 Å². The molecule has 6 heteroatoms. The van der Waals surface area contributed by atoms with E-state index in [9.17, 15) is 14.4 Å². The minimum Gasteiger partial charge on any atom is -0.449 e. The number of carbonyl (C=O) groups excluding carboxylic acids is 3. The molecule has 0 aliphatic rings. The fourth-order valence-corrected chi connectivity index (χ4v) is 1.43. The number of imide groups is 1. The molecule has 1 atom stereocenters. The summed E-state index contributed by atoms with van der Waals surface area (Å²) in [4.78, 5) is 34.3. The van der Waals surface area contributed by atoms with Crippen molar-refractivity contribution in [1.29, 1.82) is 0 Å². The topological polar surface area (TPSA) is 84.5 Å². The number of hydrogen-bond acceptors (Lipinski definition) is 4. The van der Waals surface area contributed by atoms with Crippen LogP contribution in [-0.4, -0.2) is 31.1 Å². The highest BCUT2D eigenvalue weighted by Gasteiger charge is 2.20. The molecule has 3 amide bonds. The predicted molar refractivity (Wildman–Crippen MR) is 73.3 cm³/mol. The van der Waals surface area contributed by atoms with Crippen molar-refractivity contribution in [2.75, 3.05) is 7.05 Å². The molecule has 0 saturated carbocycles. The van der Waals surface area contributed by atoms with Crippen LogP contribution in [0.3, 0.4) is 0 Å². The predicted octanol–water partition coefficient (Wildman–Crippen LogP) is 1.25. The van der Waals surface area contributed by atoms with Gasteiger partial charge in [-0.05, 0) is 31.0 Å². The second-order valence-corrected chi connectivity index (χ2v) is 4.17. The molecule has 0 radical (unpaired) electrons. The molecule has 1 aromatic carbocycles. The van der Waals surface area contributed by atoms with E-state index in [4.69, 9.17) is 4.74 Å². The van der Waals surface area contributed by atoms with E-state index in [0.29, 0.717) is 5.56 Å². The number of amides is 3. The molecule has 1 unspecified atom stereocenters. The second kappa shape index (κ2) is 7.28. The van der Waals surface area contributed by atoms with Crippen molar-refractivity contribution in [3.8, 4) is 0 Å². The molecule has 0 spiro atoms. The average Bonchev–Trinajstić information content (AvgIpc) is 2.46. The number of aryl methyl sites for hydroxylation is 1. The monoisotopic (exact) mass is 278 g/mol. The van der Waals surface area contributed by atoms with Crippen LogP contribution < -0.4 is 10.6 Å². The van der Waals surface area contributed by atoms with Crippen molar-refractivity contribution in [2.24, 2.45) is 0 Å². The Morgan fingerprint density at radius 1 is 1.20 bits per heavy atom. The standard InChI is InChI=1S/C14H18N2O4/c1-4-10-5-7-11(8-6-10)13(18)20-9(2)12(17)16-14(19)15-3/h5-9H,4H2,1-3H3,(H2,15,16,17,19). The maximum absolute atomic E-state index is 11.8.